The minimum absolute atomic E-state index is 0.0159. The lowest BCUT2D eigenvalue weighted by Gasteiger charge is -2.18. The van der Waals surface area contributed by atoms with Crippen LogP contribution in [0.15, 0.2) is 24.5 Å². The van der Waals surface area contributed by atoms with Crippen molar-refractivity contribution in [3.8, 4) is 0 Å². The molecule has 1 aromatic carbocycles. The van der Waals surface area contributed by atoms with Gasteiger partial charge in [-0.3, -0.25) is 4.79 Å². The molecule has 102 valence electrons. The fourth-order valence-electron chi connectivity index (χ4n) is 2.09. The van der Waals surface area contributed by atoms with Crippen LogP contribution in [0.1, 0.15) is 19.4 Å². The molecule has 1 aromatic heterocycles. The molecule has 0 bridgehead atoms. The Bertz CT molecular complexity index is 561. The van der Waals surface area contributed by atoms with Crippen LogP contribution >= 0.6 is 0 Å². The number of aromatic nitrogens is 2. The van der Waals surface area contributed by atoms with E-state index in [4.69, 9.17) is 5.73 Å². The van der Waals surface area contributed by atoms with Gasteiger partial charge in [0, 0.05) is 13.1 Å². The summed E-state index contributed by atoms with van der Waals surface area (Å²) >= 11 is 0. The number of nitrogens with two attached hydrogens (primary N) is 1. The van der Waals surface area contributed by atoms with Gasteiger partial charge >= 0.3 is 0 Å². The molecule has 0 aliphatic heterocycles. The van der Waals surface area contributed by atoms with Crippen LogP contribution in [0.5, 0.6) is 0 Å². The van der Waals surface area contributed by atoms with E-state index in [2.05, 4.69) is 15.3 Å². The predicted molar refractivity (Wildman–Crippen MR) is 75.3 cm³/mol. The number of H-pyrrole nitrogens is 1. The van der Waals surface area contributed by atoms with Crippen molar-refractivity contribution in [2.75, 3.05) is 6.54 Å². The van der Waals surface area contributed by atoms with Gasteiger partial charge in [0.2, 0.25) is 5.91 Å². The highest BCUT2D eigenvalue weighted by atomic mass is 16.1. The lowest BCUT2D eigenvalue weighted by atomic mass is 9.95. The molecule has 19 heavy (non-hydrogen) atoms. The smallest absolute Gasteiger partial charge is 0.224 e. The van der Waals surface area contributed by atoms with Crippen molar-refractivity contribution in [1.29, 1.82) is 0 Å². The Hall–Kier alpha value is -1.88. The Balaban J connectivity index is 1.99. The van der Waals surface area contributed by atoms with E-state index >= 15 is 0 Å². The number of benzene rings is 1. The molecule has 2 aromatic rings. The molecule has 0 spiro atoms. The second kappa shape index (κ2) is 5.84. The van der Waals surface area contributed by atoms with E-state index in [9.17, 15) is 4.79 Å². The molecule has 1 atom stereocenters. The highest BCUT2D eigenvalue weighted by Gasteiger charge is 2.19. The minimum Gasteiger partial charge on any atom is -0.352 e. The standard InChI is InChI=1S/C14H20N4O/c1-9(2)11(6-15)14(19)16-7-10-3-4-12-13(5-10)18-8-17-12/h3-5,8-9,11H,6-7,15H2,1-2H3,(H,16,19)(H,17,18). The summed E-state index contributed by atoms with van der Waals surface area (Å²) in [5.41, 5.74) is 8.58. The van der Waals surface area contributed by atoms with Crippen LogP contribution in [-0.2, 0) is 11.3 Å². The number of rotatable bonds is 5. The fraction of sp³-hybridized carbons (Fsp3) is 0.429. The topological polar surface area (TPSA) is 83.8 Å². The molecule has 5 heteroatoms. The van der Waals surface area contributed by atoms with Crippen LogP contribution < -0.4 is 11.1 Å². The highest BCUT2D eigenvalue weighted by molar-refractivity contribution is 5.79. The first kappa shape index (κ1) is 13.5. The maximum Gasteiger partial charge on any atom is 0.224 e. The van der Waals surface area contributed by atoms with E-state index in [1.54, 1.807) is 6.33 Å². The average molecular weight is 260 g/mol. The van der Waals surface area contributed by atoms with E-state index in [1.165, 1.54) is 0 Å². The van der Waals surface area contributed by atoms with Gasteiger partial charge in [-0.25, -0.2) is 4.98 Å². The zero-order valence-corrected chi connectivity index (χ0v) is 11.3. The van der Waals surface area contributed by atoms with Crippen LogP contribution in [-0.4, -0.2) is 22.4 Å². The van der Waals surface area contributed by atoms with Crippen molar-refractivity contribution in [2.24, 2.45) is 17.6 Å². The Kier molecular flexibility index (Phi) is 4.16. The summed E-state index contributed by atoms with van der Waals surface area (Å²) < 4.78 is 0. The van der Waals surface area contributed by atoms with Gasteiger partial charge in [-0.2, -0.15) is 0 Å². The number of nitrogens with zero attached hydrogens (tertiary/aromatic N) is 1. The van der Waals surface area contributed by atoms with Gasteiger partial charge in [-0.15, -0.1) is 0 Å². The normalized spacial score (nSPS) is 12.8. The zero-order chi connectivity index (χ0) is 13.8. The zero-order valence-electron chi connectivity index (χ0n) is 11.3. The first-order valence-corrected chi connectivity index (χ1v) is 6.51. The molecule has 1 amide bonds. The van der Waals surface area contributed by atoms with E-state index < -0.39 is 0 Å². The molecule has 5 nitrogen and oxygen atoms in total. The molecule has 0 fully saturated rings. The number of hydrogen-bond donors (Lipinski definition) is 3. The van der Waals surface area contributed by atoms with Gasteiger partial charge < -0.3 is 16.0 Å². The maximum absolute atomic E-state index is 12.0. The van der Waals surface area contributed by atoms with Crippen LogP contribution in [0.25, 0.3) is 11.0 Å². The fourth-order valence-corrected chi connectivity index (χ4v) is 2.09. The number of amides is 1. The van der Waals surface area contributed by atoms with Crippen LogP contribution in [0.2, 0.25) is 0 Å². The second-order valence-electron chi connectivity index (χ2n) is 5.06. The summed E-state index contributed by atoms with van der Waals surface area (Å²) in [4.78, 5) is 19.2. The summed E-state index contributed by atoms with van der Waals surface area (Å²) in [6.45, 7) is 4.90. The third-order valence-electron chi connectivity index (χ3n) is 3.35. The molecule has 0 aliphatic carbocycles. The van der Waals surface area contributed by atoms with Crippen molar-refractivity contribution in [3.63, 3.8) is 0 Å². The Morgan fingerprint density at radius 1 is 1.47 bits per heavy atom. The number of imidazole rings is 1. The number of carbonyl (C=O) groups excluding carboxylic acids is 1. The van der Waals surface area contributed by atoms with E-state index in [1.807, 2.05) is 32.0 Å². The summed E-state index contributed by atoms with van der Waals surface area (Å²) in [6.07, 6.45) is 1.66. The van der Waals surface area contributed by atoms with Crippen LogP contribution in [0.3, 0.4) is 0 Å². The molecule has 0 radical (unpaired) electrons. The maximum atomic E-state index is 12.0. The SMILES string of the molecule is CC(C)C(CN)C(=O)NCc1ccc2nc[nH]c2c1. The number of hydrogen-bond acceptors (Lipinski definition) is 3. The molecule has 1 heterocycles. The molecule has 0 aliphatic rings. The minimum atomic E-state index is -0.129. The van der Waals surface area contributed by atoms with Crippen molar-refractivity contribution in [1.82, 2.24) is 15.3 Å². The van der Waals surface area contributed by atoms with E-state index in [0.29, 0.717) is 13.1 Å². The van der Waals surface area contributed by atoms with Gasteiger partial charge in [0.1, 0.15) is 0 Å². The van der Waals surface area contributed by atoms with Gasteiger partial charge in [0.25, 0.3) is 0 Å². The molecule has 0 saturated heterocycles. The molecular formula is C14H20N4O. The number of fused-ring (bicyclic) bond motifs is 1. The second-order valence-corrected chi connectivity index (χ2v) is 5.06. The van der Waals surface area contributed by atoms with Gasteiger partial charge in [-0.05, 0) is 23.6 Å². The molecule has 2 rings (SSSR count). The summed E-state index contributed by atoms with van der Waals surface area (Å²) in [6, 6.07) is 5.90. The van der Waals surface area contributed by atoms with Crippen molar-refractivity contribution in [3.05, 3.63) is 30.1 Å². The first-order valence-electron chi connectivity index (χ1n) is 6.51. The molecule has 4 N–H and O–H groups in total. The van der Waals surface area contributed by atoms with E-state index in [0.717, 1.165) is 16.6 Å². The molecule has 1 unspecified atom stereocenters. The average Bonchev–Trinajstić information content (AvgIpc) is 2.84. The largest absolute Gasteiger partial charge is 0.352 e. The van der Waals surface area contributed by atoms with Gasteiger partial charge in [-0.1, -0.05) is 19.9 Å². The predicted octanol–water partition coefficient (Wildman–Crippen LogP) is 1.41. The van der Waals surface area contributed by atoms with E-state index in [-0.39, 0.29) is 17.7 Å². The third-order valence-corrected chi connectivity index (χ3v) is 3.35. The lowest BCUT2D eigenvalue weighted by Crippen LogP contribution is -2.37. The Morgan fingerprint density at radius 3 is 2.95 bits per heavy atom. The number of aromatic amines is 1. The summed E-state index contributed by atoms with van der Waals surface area (Å²) in [7, 11) is 0. The first-order chi connectivity index (χ1) is 9.11. The molecular weight excluding hydrogens is 240 g/mol. The number of carbonyl (C=O) groups is 1. The summed E-state index contributed by atoms with van der Waals surface area (Å²) in [5, 5.41) is 2.93. The highest BCUT2D eigenvalue weighted by Crippen LogP contribution is 2.12. The quantitative estimate of drug-likeness (QED) is 0.760. The number of nitrogens with one attached hydrogen (secondary N) is 2. The van der Waals surface area contributed by atoms with Crippen molar-refractivity contribution in [2.45, 2.75) is 20.4 Å². The van der Waals surface area contributed by atoms with Crippen LogP contribution in [0.4, 0.5) is 0 Å². The summed E-state index contributed by atoms with van der Waals surface area (Å²) in [5.74, 6) is 0.137. The third kappa shape index (κ3) is 3.12. The van der Waals surface area contributed by atoms with Crippen molar-refractivity contribution >= 4 is 16.9 Å². The van der Waals surface area contributed by atoms with Gasteiger partial charge in [0.05, 0.1) is 23.3 Å². The molecule has 0 saturated carbocycles. The lowest BCUT2D eigenvalue weighted by molar-refractivity contribution is -0.126. The Labute approximate surface area is 112 Å². The van der Waals surface area contributed by atoms with Gasteiger partial charge in [0.15, 0.2) is 0 Å². The van der Waals surface area contributed by atoms with Crippen LogP contribution in [0, 0.1) is 11.8 Å². The monoisotopic (exact) mass is 260 g/mol. The Morgan fingerprint density at radius 2 is 2.26 bits per heavy atom. The van der Waals surface area contributed by atoms with Crippen molar-refractivity contribution < 1.29 is 4.79 Å².